The standard InChI is InChI=1S/C16H16Cl2O2/c1-3-11-7-8-14(15(9-11)19-2)20-16-12(10-17)5-4-6-13(16)18/h4-9H,3,10H2,1-2H3. The van der Waals surface area contributed by atoms with Crippen LogP contribution in [0.15, 0.2) is 36.4 Å². The lowest BCUT2D eigenvalue weighted by Gasteiger charge is -2.14. The number of halogens is 2. The number of para-hydroxylation sites is 1. The topological polar surface area (TPSA) is 18.5 Å². The second-order valence-corrected chi connectivity index (χ2v) is 4.98. The van der Waals surface area contributed by atoms with E-state index in [0.29, 0.717) is 28.2 Å². The Kier molecular flexibility index (Phi) is 5.16. The van der Waals surface area contributed by atoms with E-state index in [-0.39, 0.29) is 0 Å². The number of aryl methyl sites for hydroxylation is 1. The van der Waals surface area contributed by atoms with Crippen LogP contribution in [-0.4, -0.2) is 7.11 Å². The van der Waals surface area contributed by atoms with Crippen LogP contribution in [0.2, 0.25) is 5.02 Å². The molecule has 2 aromatic rings. The van der Waals surface area contributed by atoms with E-state index in [9.17, 15) is 0 Å². The van der Waals surface area contributed by atoms with Gasteiger partial charge in [0.05, 0.1) is 18.0 Å². The summed E-state index contributed by atoms with van der Waals surface area (Å²) in [5.41, 5.74) is 2.03. The normalized spacial score (nSPS) is 10.4. The molecule has 2 aromatic carbocycles. The maximum atomic E-state index is 6.19. The molecule has 0 radical (unpaired) electrons. The average molecular weight is 311 g/mol. The molecule has 0 amide bonds. The van der Waals surface area contributed by atoms with Gasteiger partial charge in [-0.25, -0.2) is 0 Å². The molecule has 106 valence electrons. The van der Waals surface area contributed by atoms with E-state index < -0.39 is 0 Å². The predicted octanol–water partition coefficient (Wildman–Crippen LogP) is 5.44. The number of ether oxygens (including phenoxy) is 2. The Balaban J connectivity index is 2.39. The molecule has 0 aliphatic heterocycles. The third-order valence-corrected chi connectivity index (χ3v) is 3.63. The largest absolute Gasteiger partial charge is 0.493 e. The van der Waals surface area contributed by atoms with Crippen LogP contribution in [-0.2, 0) is 12.3 Å². The average Bonchev–Trinajstić information content (AvgIpc) is 2.49. The number of methoxy groups -OCH3 is 1. The van der Waals surface area contributed by atoms with E-state index in [1.54, 1.807) is 13.2 Å². The van der Waals surface area contributed by atoms with Gasteiger partial charge in [0, 0.05) is 5.56 Å². The van der Waals surface area contributed by atoms with Crippen LogP contribution in [0.3, 0.4) is 0 Å². The van der Waals surface area contributed by atoms with E-state index in [0.717, 1.165) is 12.0 Å². The van der Waals surface area contributed by atoms with Gasteiger partial charge < -0.3 is 9.47 Å². The van der Waals surface area contributed by atoms with Gasteiger partial charge in [0.25, 0.3) is 0 Å². The van der Waals surface area contributed by atoms with Gasteiger partial charge >= 0.3 is 0 Å². The molecule has 2 rings (SSSR count). The van der Waals surface area contributed by atoms with Crippen molar-refractivity contribution < 1.29 is 9.47 Å². The summed E-state index contributed by atoms with van der Waals surface area (Å²) in [6.07, 6.45) is 0.940. The van der Waals surface area contributed by atoms with Crippen LogP contribution in [0, 0.1) is 0 Å². The Labute approximate surface area is 129 Å². The van der Waals surface area contributed by atoms with E-state index in [4.69, 9.17) is 32.7 Å². The van der Waals surface area contributed by atoms with Crippen LogP contribution in [0.5, 0.6) is 17.2 Å². The minimum absolute atomic E-state index is 0.339. The molecule has 0 N–H and O–H groups in total. The zero-order valence-electron chi connectivity index (χ0n) is 11.5. The zero-order chi connectivity index (χ0) is 14.5. The lowest BCUT2D eigenvalue weighted by molar-refractivity contribution is 0.377. The Morgan fingerprint density at radius 1 is 1.10 bits per heavy atom. The molecule has 0 heterocycles. The van der Waals surface area contributed by atoms with Gasteiger partial charge in [0.1, 0.15) is 0 Å². The molecular weight excluding hydrogens is 295 g/mol. The Morgan fingerprint density at radius 3 is 2.55 bits per heavy atom. The molecule has 0 saturated heterocycles. The summed E-state index contributed by atoms with van der Waals surface area (Å²) in [6, 6.07) is 11.4. The third-order valence-electron chi connectivity index (χ3n) is 3.04. The van der Waals surface area contributed by atoms with Crippen LogP contribution >= 0.6 is 23.2 Å². The highest BCUT2D eigenvalue weighted by Crippen LogP contribution is 2.38. The summed E-state index contributed by atoms with van der Waals surface area (Å²) in [7, 11) is 1.62. The maximum Gasteiger partial charge on any atom is 0.169 e. The van der Waals surface area contributed by atoms with Gasteiger partial charge in [0.2, 0.25) is 0 Å². The molecule has 20 heavy (non-hydrogen) atoms. The van der Waals surface area contributed by atoms with Crippen molar-refractivity contribution in [1.82, 2.24) is 0 Å². The molecule has 0 atom stereocenters. The molecule has 0 unspecified atom stereocenters. The minimum Gasteiger partial charge on any atom is -0.493 e. The van der Waals surface area contributed by atoms with Gasteiger partial charge in [0.15, 0.2) is 17.2 Å². The Bertz CT molecular complexity index is 597. The van der Waals surface area contributed by atoms with Gasteiger partial charge in [-0.1, -0.05) is 36.7 Å². The van der Waals surface area contributed by atoms with Crippen molar-refractivity contribution in [2.24, 2.45) is 0 Å². The molecule has 2 nitrogen and oxygen atoms in total. The first-order valence-electron chi connectivity index (χ1n) is 6.37. The van der Waals surface area contributed by atoms with Crippen molar-refractivity contribution in [3.63, 3.8) is 0 Å². The van der Waals surface area contributed by atoms with Crippen LogP contribution < -0.4 is 9.47 Å². The summed E-state index contributed by atoms with van der Waals surface area (Å²) in [6.45, 7) is 2.09. The monoisotopic (exact) mass is 310 g/mol. The highest BCUT2D eigenvalue weighted by atomic mass is 35.5. The predicted molar refractivity (Wildman–Crippen MR) is 83.5 cm³/mol. The van der Waals surface area contributed by atoms with Crippen LogP contribution in [0.25, 0.3) is 0 Å². The SMILES string of the molecule is CCc1ccc(Oc2c(Cl)cccc2CCl)c(OC)c1. The first kappa shape index (κ1) is 15.0. The maximum absolute atomic E-state index is 6.19. The second kappa shape index (κ2) is 6.87. The molecule has 0 saturated carbocycles. The summed E-state index contributed by atoms with van der Waals surface area (Å²) in [5, 5.41) is 0.532. The molecule has 0 fully saturated rings. The van der Waals surface area contributed by atoms with E-state index in [1.165, 1.54) is 5.56 Å². The van der Waals surface area contributed by atoms with Crippen molar-refractivity contribution in [2.45, 2.75) is 19.2 Å². The van der Waals surface area contributed by atoms with Crippen LogP contribution in [0.4, 0.5) is 0 Å². The molecular formula is C16H16Cl2O2. The molecule has 0 bridgehead atoms. The quantitative estimate of drug-likeness (QED) is 0.684. The van der Waals surface area contributed by atoms with E-state index in [1.807, 2.05) is 30.3 Å². The van der Waals surface area contributed by atoms with E-state index >= 15 is 0 Å². The fourth-order valence-electron chi connectivity index (χ4n) is 1.90. The third kappa shape index (κ3) is 3.20. The number of hydrogen-bond acceptors (Lipinski definition) is 2. The molecule has 0 aromatic heterocycles. The van der Waals surface area contributed by atoms with E-state index in [2.05, 4.69) is 6.92 Å². The molecule has 0 aliphatic carbocycles. The van der Waals surface area contributed by atoms with Gasteiger partial charge in [-0.05, 0) is 30.2 Å². The van der Waals surface area contributed by atoms with Crippen molar-refractivity contribution in [1.29, 1.82) is 0 Å². The fourth-order valence-corrected chi connectivity index (χ4v) is 2.34. The minimum atomic E-state index is 0.339. The number of benzene rings is 2. The van der Waals surface area contributed by atoms with Crippen molar-refractivity contribution in [2.75, 3.05) is 7.11 Å². The van der Waals surface area contributed by atoms with Gasteiger partial charge in [-0.15, -0.1) is 11.6 Å². The van der Waals surface area contributed by atoms with Crippen molar-refractivity contribution in [3.8, 4) is 17.2 Å². The Hall–Kier alpha value is -1.38. The number of rotatable bonds is 5. The molecule has 0 spiro atoms. The molecule has 0 aliphatic rings. The van der Waals surface area contributed by atoms with Gasteiger partial charge in [-0.3, -0.25) is 0 Å². The number of hydrogen-bond donors (Lipinski definition) is 0. The summed E-state index contributed by atoms with van der Waals surface area (Å²) < 4.78 is 11.3. The second-order valence-electron chi connectivity index (χ2n) is 4.30. The summed E-state index contributed by atoms with van der Waals surface area (Å²) in [4.78, 5) is 0. The van der Waals surface area contributed by atoms with Crippen molar-refractivity contribution in [3.05, 3.63) is 52.5 Å². The zero-order valence-corrected chi connectivity index (χ0v) is 13.0. The highest BCUT2D eigenvalue weighted by molar-refractivity contribution is 6.32. The molecule has 4 heteroatoms. The smallest absolute Gasteiger partial charge is 0.169 e. The Morgan fingerprint density at radius 2 is 1.90 bits per heavy atom. The summed E-state index contributed by atoms with van der Waals surface area (Å²) in [5.74, 6) is 2.23. The van der Waals surface area contributed by atoms with Gasteiger partial charge in [-0.2, -0.15) is 0 Å². The highest BCUT2D eigenvalue weighted by Gasteiger charge is 2.12. The fraction of sp³-hybridized carbons (Fsp3) is 0.250. The first-order valence-corrected chi connectivity index (χ1v) is 7.29. The lowest BCUT2D eigenvalue weighted by atomic mass is 10.1. The first-order chi connectivity index (χ1) is 9.69. The number of alkyl halides is 1. The lowest BCUT2D eigenvalue weighted by Crippen LogP contribution is -1.95. The summed E-state index contributed by atoms with van der Waals surface area (Å²) >= 11 is 12.1. The van der Waals surface area contributed by atoms with Crippen LogP contribution in [0.1, 0.15) is 18.1 Å². The van der Waals surface area contributed by atoms with Crippen molar-refractivity contribution >= 4 is 23.2 Å².